The highest BCUT2D eigenvalue weighted by Gasteiger charge is 2.55. The lowest BCUT2D eigenvalue weighted by Crippen LogP contribution is -2.15. The van der Waals surface area contributed by atoms with Gasteiger partial charge < -0.3 is 10.1 Å². The van der Waals surface area contributed by atoms with Crippen molar-refractivity contribution in [2.45, 2.75) is 31.3 Å². The zero-order chi connectivity index (χ0) is 12.8. The molecule has 4 atom stereocenters. The maximum Gasteiger partial charge on any atom is 0.108 e. The molecule has 98 valence electrons. The number of aliphatic hydroxyl groups is 1. The highest BCUT2D eigenvalue weighted by molar-refractivity contribution is 5.39. The monoisotopic (exact) mass is 254 g/mol. The first-order valence-corrected chi connectivity index (χ1v) is 7.08. The van der Waals surface area contributed by atoms with Crippen molar-refractivity contribution in [2.75, 3.05) is 0 Å². The number of aryl methyl sites for hydroxylation is 1. The molecular formula is C16H18N2O. The van der Waals surface area contributed by atoms with Crippen molar-refractivity contribution < 1.29 is 5.11 Å². The summed E-state index contributed by atoms with van der Waals surface area (Å²) in [4.78, 5) is 7.29. The second-order valence-electron chi connectivity index (χ2n) is 5.81. The Hall–Kier alpha value is -1.61. The van der Waals surface area contributed by atoms with E-state index in [0.717, 1.165) is 5.82 Å². The van der Waals surface area contributed by atoms with Gasteiger partial charge in [0, 0.05) is 18.8 Å². The van der Waals surface area contributed by atoms with E-state index in [2.05, 4.69) is 34.2 Å². The third kappa shape index (κ3) is 1.80. The van der Waals surface area contributed by atoms with Gasteiger partial charge in [0.15, 0.2) is 0 Å². The van der Waals surface area contributed by atoms with Crippen LogP contribution in [-0.2, 0) is 12.8 Å². The van der Waals surface area contributed by atoms with E-state index in [1.807, 2.05) is 6.20 Å². The van der Waals surface area contributed by atoms with Crippen molar-refractivity contribution in [1.82, 2.24) is 9.97 Å². The van der Waals surface area contributed by atoms with Gasteiger partial charge in [-0.15, -0.1) is 0 Å². The van der Waals surface area contributed by atoms with Gasteiger partial charge in [-0.2, -0.15) is 0 Å². The number of aliphatic hydroxyl groups excluding tert-OH is 1. The number of rotatable bonds is 3. The lowest BCUT2D eigenvalue weighted by Gasteiger charge is -2.13. The van der Waals surface area contributed by atoms with Crippen molar-refractivity contribution in [1.29, 1.82) is 0 Å². The van der Waals surface area contributed by atoms with Crippen molar-refractivity contribution in [3.63, 3.8) is 0 Å². The average Bonchev–Trinajstić information content (AvgIpc) is 2.98. The summed E-state index contributed by atoms with van der Waals surface area (Å²) in [6, 6.07) is 8.72. The Bertz CT molecular complexity index is 578. The molecule has 2 aliphatic carbocycles. The van der Waals surface area contributed by atoms with Crippen LogP contribution in [0.4, 0.5) is 0 Å². The minimum atomic E-state index is -0.271. The van der Waals surface area contributed by atoms with Gasteiger partial charge in [-0.1, -0.05) is 24.3 Å². The van der Waals surface area contributed by atoms with Gasteiger partial charge in [-0.25, -0.2) is 4.98 Å². The van der Waals surface area contributed by atoms with E-state index in [4.69, 9.17) is 0 Å². The van der Waals surface area contributed by atoms with E-state index in [1.54, 1.807) is 6.20 Å². The van der Waals surface area contributed by atoms with Gasteiger partial charge in [0.2, 0.25) is 0 Å². The molecule has 3 nitrogen and oxygen atoms in total. The van der Waals surface area contributed by atoms with Crippen molar-refractivity contribution in [3.8, 4) is 0 Å². The minimum absolute atomic E-state index is 0.271. The lowest BCUT2D eigenvalue weighted by molar-refractivity contribution is 0.141. The van der Waals surface area contributed by atoms with Gasteiger partial charge in [0.25, 0.3) is 0 Å². The molecule has 4 unspecified atom stereocenters. The molecule has 2 N–H and O–H groups in total. The Morgan fingerprint density at radius 3 is 3.11 bits per heavy atom. The van der Waals surface area contributed by atoms with Crippen molar-refractivity contribution in [3.05, 3.63) is 53.6 Å². The zero-order valence-corrected chi connectivity index (χ0v) is 10.8. The fraction of sp³-hybridized carbons (Fsp3) is 0.438. The quantitative estimate of drug-likeness (QED) is 0.883. The summed E-state index contributed by atoms with van der Waals surface area (Å²) in [7, 11) is 0. The fourth-order valence-corrected chi connectivity index (χ4v) is 3.89. The van der Waals surface area contributed by atoms with Crippen LogP contribution >= 0.6 is 0 Å². The summed E-state index contributed by atoms with van der Waals surface area (Å²) in [5.41, 5.74) is 2.96. The molecule has 19 heavy (non-hydrogen) atoms. The summed E-state index contributed by atoms with van der Waals surface area (Å²) < 4.78 is 0. The molecule has 1 heterocycles. The number of hydrogen-bond acceptors (Lipinski definition) is 2. The Kier molecular flexibility index (Phi) is 2.49. The zero-order valence-electron chi connectivity index (χ0n) is 10.8. The fourth-order valence-electron chi connectivity index (χ4n) is 3.89. The van der Waals surface area contributed by atoms with Gasteiger partial charge >= 0.3 is 0 Å². The SMILES string of the molecule is OC(Cc1ncc[nH]1)C1C2CCc3ccccc3C21. The van der Waals surface area contributed by atoms with Crippen LogP contribution in [0.25, 0.3) is 0 Å². The van der Waals surface area contributed by atoms with E-state index in [-0.39, 0.29) is 6.10 Å². The Morgan fingerprint density at radius 2 is 2.26 bits per heavy atom. The van der Waals surface area contributed by atoms with Crippen molar-refractivity contribution in [2.24, 2.45) is 11.8 Å². The molecule has 0 radical (unpaired) electrons. The van der Waals surface area contributed by atoms with Crippen LogP contribution in [0.15, 0.2) is 36.7 Å². The number of aromatic nitrogens is 2. The Morgan fingerprint density at radius 1 is 1.37 bits per heavy atom. The van der Waals surface area contributed by atoms with Crippen LogP contribution in [0.5, 0.6) is 0 Å². The van der Waals surface area contributed by atoms with Crippen molar-refractivity contribution >= 4 is 0 Å². The van der Waals surface area contributed by atoms with Crippen LogP contribution < -0.4 is 0 Å². The van der Waals surface area contributed by atoms with Crippen LogP contribution in [0.3, 0.4) is 0 Å². The molecule has 1 saturated carbocycles. The van der Waals surface area contributed by atoms with Crippen LogP contribution in [0, 0.1) is 11.8 Å². The molecule has 0 saturated heterocycles. The molecule has 0 aliphatic heterocycles. The lowest BCUT2D eigenvalue weighted by atomic mass is 9.92. The van der Waals surface area contributed by atoms with Gasteiger partial charge in [0.05, 0.1) is 6.10 Å². The predicted molar refractivity (Wildman–Crippen MR) is 72.8 cm³/mol. The standard InChI is InChI=1S/C16H18N2O/c19-13(9-14-17-7-8-18-14)16-12-6-5-10-3-1-2-4-11(10)15(12)16/h1-4,7-8,12-13,15-16,19H,5-6,9H2,(H,17,18). The molecule has 1 aromatic carbocycles. The van der Waals surface area contributed by atoms with Gasteiger partial charge in [-0.05, 0) is 41.7 Å². The highest BCUT2D eigenvalue weighted by Crippen LogP contribution is 2.61. The summed E-state index contributed by atoms with van der Waals surface area (Å²) in [6.07, 6.45) is 6.33. The third-order valence-corrected chi connectivity index (χ3v) is 4.79. The topological polar surface area (TPSA) is 48.9 Å². The summed E-state index contributed by atoms with van der Waals surface area (Å²) in [5, 5.41) is 10.5. The van der Waals surface area contributed by atoms with Gasteiger partial charge in [-0.3, -0.25) is 0 Å². The number of imidazole rings is 1. The van der Waals surface area contributed by atoms with Crippen LogP contribution in [0.1, 0.15) is 29.3 Å². The first-order valence-electron chi connectivity index (χ1n) is 7.08. The van der Waals surface area contributed by atoms with E-state index in [9.17, 15) is 5.11 Å². The number of aromatic amines is 1. The number of nitrogens with one attached hydrogen (secondary N) is 1. The summed E-state index contributed by atoms with van der Waals surface area (Å²) in [6.45, 7) is 0. The molecule has 0 amide bonds. The first-order chi connectivity index (χ1) is 9.34. The van der Waals surface area contributed by atoms with E-state index in [1.165, 1.54) is 24.0 Å². The number of hydrogen-bond donors (Lipinski definition) is 2. The van der Waals surface area contributed by atoms with E-state index >= 15 is 0 Å². The molecule has 4 rings (SSSR count). The largest absolute Gasteiger partial charge is 0.392 e. The number of fused-ring (bicyclic) bond motifs is 3. The molecule has 2 aliphatic rings. The molecule has 0 bridgehead atoms. The molecule has 2 aromatic rings. The second kappa shape index (κ2) is 4.20. The molecule has 1 aromatic heterocycles. The van der Waals surface area contributed by atoms with Crippen LogP contribution in [-0.4, -0.2) is 21.2 Å². The third-order valence-electron chi connectivity index (χ3n) is 4.79. The minimum Gasteiger partial charge on any atom is -0.392 e. The number of nitrogens with zero attached hydrogens (tertiary/aromatic N) is 1. The summed E-state index contributed by atoms with van der Waals surface area (Å²) in [5.74, 6) is 2.58. The molecule has 3 heteroatoms. The predicted octanol–water partition coefficient (Wildman–Crippen LogP) is 2.29. The maximum atomic E-state index is 10.5. The molecular weight excluding hydrogens is 236 g/mol. The van der Waals surface area contributed by atoms with E-state index < -0.39 is 0 Å². The smallest absolute Gasteiger partial charge is 0.108 e. The molecule has 0 spiro atoms. The Balaban J connectivity index is 1.54. The second-order valence-corrected chi connectivity index (χ2v) is 5.81. The number of benzene rings is 1. The Labute approximate surface area is 112 Å². The first kappa shape index (κ1) is 11.2. The van der Waals surface area contributed by atoms with Crippen LogP contribution in [0.2, 0.25) is 0 Å². The normalized spacial score (nSPS) is 29.4. The average molecular weight is 254 g/mol. The maximum absolute atomic E-state index is 10.5. The van der Waals surface area contributed by atoms with Gasteiger partial charge in [0.1, 0.15) is 5.82 Å². The summed E-state index contributed by atoms with van der Waals surface area (Å²) >= 11 is 0. The number of H-pyrrole nitrogens is 1. The van der Waals surface area contributed by atoms with E-state index in [0.29, 0.717) is 24.2 Å². The molecule has 1 fully saturated rings. The highest BCUT2D eigenvalue weighted by atomic mass is 16.3.